The summed E-state index contributed by atoms with van der Waals surface area (Å²) in [6.07, 6.45) is -2.30. The van der Waals surface area contributed by atoms with Crippen molar-refractivity contribution in [1.29, 1.82) is 0 Å². The molecule has 0 aliphatic rings. The van der Waals surface area contributed by atoms with Crippen LogP contribution in [0.2, 0.25) is 0 Å². The Labute approximate surface area is 107 Å². The number of allylic oxidation sites excluding steroid dienone is 1. The Kier molecular flexibility index (Phi) is 4.68. The van der Waals surface area contributed by atoms with Crippen molar-refractivity contribution in [3.8, 4) is 0 Å². The number of rotatable bonds is 3. The fourth-order valence-electron chi connectivity index (χ4n) is 1.22. The Morgan fingerprint density at radius 2 is 1.63 bits per heavy atom. The smallest absolute Gasteiger partial charge is 0.321 e. The molecular formula is C12H11F3N2O2. The topological polar surface area (TPSA) is 58.2 Å². The van der Waals surface area contributed by atoms with Crippen molar-refractivity contribution in [2.24, 2.45) is 0 Å². The molecule has 0 spiro atoms. The number of carbonyl (C=O) groups is 2. The second-order valence-corrected chi connectivity index (χ2v) is 3.49. The lowest BCUT2D eigenvalue weighted by molar-refractivity contribution is -0.167. The fourth-order valence-corrected chi connectivity index (χ4v) is 1.22. The van der Waals surface area contributed by atoms with Gasteiger partial charge in [0.25, 0.3) is 0 Å². The molecule has 0 aromatic heterocycles. The van der Waals surface area contributed by atoms with Crippen LogP contribution in [0.1, 0.15) is 6.92 Å². The van der Waals surface area contributed by atoms with E-state index in [1.807, 2.05) is 0 Å². The van der Waals surface area contributed by atoms with Crippen molar-refractivity contribution < 1.29 is 22.8 Å². The number of halogens is 3. The first-order chi connectivity index (χ1) is 8.84. The van der Waals surface area contributed by atoms with Crippen LogP contribution < -0.4 is 10.6 Å². The molecule has 0 heterocycles. The van der Waals surface area contributed by atoms with Gasteiger partial charge in [0, 0.05) is 0 Å². The minimum absolute atomic E-state index is 0.0863. The fraction of sp³-hybridized carbons (Fsp3) is 0.167. The number of para-hydroxylation sites is 2. The molecule has 0 radical (unpaired) electrons. The van der Waals surface area contributed by atoms with Gasteiger partial charge in [-0.3, -0.25) is 9.59 Å². The molecule has 19 heavy (non-hydrogen) atoms. The molecule has 4 nitrogen and oxygen atoms in total. The van der Waals surface area contributed by atoms with Crippen molar-refractivity contribution in [2.75, 3.05) is 10.6 Å². The van der Waals surface area contributed by atoms with Crippen molar-refractivity contribution in [3.05, 3.63) is 36.4 Å². The van der Waals surface area contributed by atoms with Crippen LogP contribution in [0, 0.1) is 0 Å². The van der Waals surface area contributed by atoms with Crippen LogP contribution in [0.4, 0.5) is 24.5 Å². The molecule has 7 heteroatoms. The van der Waals surface area contributed by atoms with Crippen LogP contribution in [0.3, 0.4) is 0 Å². The maximum Gasteiger partial charge on any atom is 0.471 e. The van der Waals surface area contributed by atoms with Crippen LogP contribution in [0.25, 0.3) is 0 Å². The van der Waals surface area contributed by atoms with Gasteiger partial charge in [0.05, 0.1) is 11.4 Å². The minimum atomic E-state index is -4.99. The molecule has 0 saturated heterocycles. The molecule has 0 saturated carbocycles. The monoisotopic (exact) mass is 272 g/mol. The van der Waals surface area contributed by atoms with Crippen molar-refractivity contribution in [2.45, 2.75) is 13.1 Å². The highest BCUT2D eigenvalue weighted by Gasteiger charge is 2.38. The third kappa shape index (κ3) is 4.46. The van der Waals surface area contributed by atoms with E-state index >= 15 is 0 Å². The number of amides is 2. The van der Waals surface area contributed by atoms with Gasteiger partial charge in [0.2, 0.25) is 5.91 Å². The Morgan fingerprint density at radius 3 is 2.11 bits per heavy atom. The van der Waals surface area contributed by atoms with Gasteiger partial charge in [0.1, 0.15) is 0 Å². The second kappa shape index (κ2) is 6.03. The molecule has 0 fully saturated rings. The standard InChI is InChI=1S/C12H11F3N2O2/c1-2-5-10(18)16-8-6-3-4-7-9(8)17-11(19)12(13,14)15/h2-7H,1H3,(H,16,18)(H,17,19)/b5-2+. The van der Waals surface area contributed by atoms with Crippen LogP contribution in [-0.2, 0) is 9.59 Å². The van der Waals surface area contributed by atoms with Gasteiger partial charge in [-0.05, 0) is 25.1 Å². The molecule has 1 aromatic carbocycles. The summed E-state index contributed by atoms with van der Waals surface area (Å²) in [5.74, 6) is -2.60. The van der Waals surface area contributed by atoms with Gasteiger partial charge < -0.3 is 10.6 Å². The van der Waals surface area contributed by atoms with Gasteiger partial charge in [-0.25, -0.2) is 0 Å². The molecule has 0 bridgehead atoms. The largest absolute Gasteiger partial charge is 0.471 e. The summed E-state index contributed by atoms with van der Waals surface area (Å²) in [5, 5.41) is 4.06. The molecule has 0 aliphatic carbocycles. The highest BCUT2D eigenvalue weighted by Crippen LogP contribution is 2.24. The Balaban J connectivity index is 2.90. The van der Waals surface area contributed by atoms with Crippen LogP contribution in [0.15, 0.2) is 36.4 Å². The lowest BCUT2D eigenvalue weighted by Crippen LogP contribution is -2.30. The molecule has 0 unspecified atom stereocenters. The Hall–Kier alpha value is -2.31. The minimum Gasteiger partial charge on any atom is -0.321 e. The first-order valence-corrected chi connectivity index (χ1v) is 5.25. The zero-order valence-electron chi connectivity index (χ0n) is 9.91. The predicted molar refractivity (Wildman–Crippen MR) is 64.6 cm³/mol. The molecule has 102 valence electrons. The maximum absolute atomic E-state index is 12.1. The lowest BCUT2D eigenvalue weighted by Gasteiger charge is -2.12. The second-order valence-electron chi connectivity index (χ2n) is 3.49. The SMILES string of the molecule is C/C=C/C(=O)Nc1ccccc1NC(=O)C(F)(F)F. The molecule has 1 rings (SSSR count). The third-order valence-corrected chi connectivity index (χ3v) is 2.01. The highest BCUT2D eigenvalue weighted by atomic mass is 19.4. The van der Waals surface area contributed by atoms with E-state index in [4.69, 9.17) is 0 Å². The summed E-state index contributed by atoms with van der Waals surface area (Å²) in [5.41, 5.74) is -0.0362. The lowest BCUT2D eigenvalue weighted by atomic mass is 10.2. The summed E-state index contributed by atoms with van der Waals surface area (Å²) in [6.45, 7) is 1.62. The molecule has 2 N–H and O–H groups in total. The normalized spacial score (nSPS) is 11.4. The zero-order valence-corrected chi connectivity index (χ0v) is 9.91. The summed E-state index contributed by atoms with van der Waals surface area (Å²) in [6, 6.07) is 5.61. The predicted octanol–water partition coefficient (Wildman–Crippen LogP) is 2.70. The first kappa shape index (κ1) is 14.7. The molecule has 0 aliphatic heterocycles. The Morgan fingerprint density at radius 1 is 1.11 bits per heavy atom. The van der Waals surface area contributed by atoms with Crippen LogP contribution >= 0.6 is 0 Å². The summed E-state index contributed by atoms with van der Waals surface area (Å²) in [4.78, 5) is 22.1. The van der Waals surface area contributed by atoms with Crippen LogP contribution in [0.5, 0.6) is 0 Å². The number of carbonyl (C=O) groups excluding carboxylic acids is 2. The van der Waals surface area contributed by atoms with Crippen molar-refractivity contribution in [1.82, 2.24) is 0 Å². The average Bonchev–Trinajstić information content (AvgIpc) is 2.30. The van der Waals surface area contributed by atoms with E-state index in [0.717, 1.165) is 0 Å². The third-order valence-electron chi connectivity index (χ3n) is 2.01. The summed E-state index contributed by atoms with van der Waals surface area (Å²) >= 11 is 0. The van der Waals surface area contributed by atoms with Gasteiger partial charge in [-0.1, -0.05) is 18.2 Å². The number of hydrogen-bond acceptors (Lipinski definition) is 2. The van der Waals surface area contributed by atoms with E-state index in [9.17, 15) is 22.8 Å². The van der Waals surface area contributed by atoms with E-state index in [0.29, 0.717) is 0 Å². The van der Waals surface area contributed by atoms with Crippen molar-refractivity contribution in [3.63, 3.8) is 0 Å². The van der Waals surface area contributed by atoms with Crippen molar-refractivity contribution >= 4 is 23.2 Å². The van der Waals surface area contributed by atoms with Crippen LogP contribution in [-0.4, -0.2) is 18.0 Å². The van der Waals surface area contributed by atoms with Gasteiger partial charge in [-0.2, -0.15) is 13.2 Å². The highest BCUT2D eigenvalue weighted by molar-refractivity contribution is 6.04. The molecule has 0 atom stereocenters. The quantitative estimate of drug-likeness (QED) is 0.831. The number of benzene rings is 1. The van der Waals surface area contributed by atoms with E-state index in [-0.39, 0.29) is 11.4 Å². The molecular weight excluding hydrogens is 261 g/mol. The number of nitrogens with one attached hydrogen (secondary N) is 2. The Bertz CT molecular complexity index is 510. The van der Waals surface area contributed by atoms with E-state index < -0.39 is 18.0 Å². The number of hydrogen-bond donors (Lipinski definition) is 2. The maximum atomic E-state index is 12.1. The van der Waals surface area contributed by atoms with E-state index in [2.05, 4.69) is 5.32 Å². The van der Waals surface area contributed by atoms with Gasteiger partial charge in [-0.15, -0.1) is 0 Å². The van der Waals surface area contributed by atoms with E-state index in [1.54, 1.807) is 12.2 Å². The molecule has 1 aromatic rings. The van der Waals surface area contributed by atoms with E-state index in [1.165, 1.54) is 36.4 Å². The summed E-state index contributed by atoms with van der Waals surface area (Å²) < 4.78 is 36.4. The summed E-state index contributed by atoms with van der Waals surface area (Å²) in [7, 11) is 0. The first-order valence-electron chi connectivity index (χ1n) is 5.25. The average molecular weight is 272 g/mol. The number of anilines is 2. The number of alkyl halides is 3. The molecule has 2 amide bonds. The van der Waals surface area contributed by atoms with Gasteiger partial charge in [0.15, 0.2) is 0 Å². The van der Waals surface area contributed by atoms with Gasteiger partial charge >= 0.3 is 12.1 Å². The zero-order chi connectivity index (χ0) is 14.5.